The van der Waals surface area contributed by atoms with Gasteiger partial charge in [0.1, 0.15) is 6.04 Å². The predicted octanol–water partition coefficient (Wildman–Crippen LogP) is 3.83. The first-order valence-electron chi connectivity index (χ1n) is 14.5. The summed E-state index contributed by atoms with van der Waals surface area (Å²) >= 11 is 1.50. The standard InChI is InChI=1S/C32H39N3O5S/c1-4-18-34(23-14-12-22(13-15-23)33(5-2)6-3)30(38)28-32-17-16-25(41-32)26(31(39)40)27(32)29(37)35(28)24(20-36)19-21-10-8-7-9-11-21/h4,7-15,24-28,36H,1,5-6,16-20H2,2-3H3,(H,39,40)/t24-,25+,26-,27+,28?,32?/m1/s1. The summed E-state index contributed by atoms with van der Waals surface area (Å²) in [6.07, 6.45) is 3.26. The van der Waals surface area contributed by atoms with Gasteiger partial charge < -0.3 is 24.9 Å². The summed E-state index contributed by atoms with van der Waals surface area (Å²) in [7, 11) is 0. The van der Waals surface area contributed by atoms with Crippen LogP contribution in [0.1, 0.15) is 32.3 Å². The monoisotopic (exact) mass is 577 g/mol. The maximum atomic E-state index is 14.7. The second-order valence-corrected chi connectivity index (χ2v) is 12.7. The van der Waals surface area contributed by atoms with Crippen molar-refractivity contribution in [2.75, 3.05) is 36.0 Å². The number of aliphatic hydroxyl groups is 1. The van der Waals surface area contributed by atoms with Crippen molar-refractivity contribution in [3.05, 3.63) is 72.8 Å². The molecule has 1 spiro atoms. The number of carboxylic acid groups (broad SMARTS) is 1. The summed E-state index contributed by atoms with van der Waals surface area (Å²) in [6, 6.07) is 15.8. The number of carbonyl (C=O) groups excluding carboxylic acids is 2. The maximum absolute atomic E-state index is 14.7. The molecule has 3 saturated heterocycles. The number of likely N-dealkylation sites (tertiary alicyclic amines) is 1. The highest BCUT2D eigenvalue weighted by Gasteiger charge is 2.74. The molecule has 3 aliphatic rings. The Morgan fingerprint density at radius 1 is 1.12 bits per heavy atom. The quantitative estimate of drug-likeness (QED) is 0.370. The first-order chi connectivity index (χ1) is 19.8. The Morgan fingerprint density at radius 3 is 2.37 bits per heavy atom. The Morgan fingerprint density at radius 2 is 1.78 bits per heavy atom. The van der Waals surface area contributed by atoms with E-state index < -0.39 is 34.6 Å². The Hall–Kier alpha value is -3.30. The molecule has 6 atom stereocenters. The third-order valence-electron chi connectivity index (χ3n) is 9.04. The number of thioether (sulfide) groups is 1. The van der Waals surface area contributed by atoms with E-state index in [1.807, 2.05) is 54.6 Å². The number of carbonyl (C=O) groups is 3. The zero-order valence-corrected chi connectivity index (χ0v) is 24.5. The number of aliphatic carboxylic acids is 1. The van der Waals surface area contributed by atoms with Crippen molar-refractivity contribution in [2.45, 2.75) is 55.2 Å². The van der Waals surface area contributed by atoms with Crippen molar-refractivity contribution in [1.29, 1.82) is 0 Å². The fourth-order valence-electron chi connectivity index (χ4n) is 7.21. The molecule has 2 unspecified atom stereocenters. The molecule has 0 radical (unpaired) electrons. The average molecular weight is 578 g/mol. The summed E-state index contributed by atoms with van der Waals surface area (Å²) in [6.45, 7) is 9.71. The zero-order chi connectivity index (χ0) is 29.3. The van der Waals surface area contributed by atoms with Gasteiger partial charge in [-0.15, -0.1) is 18.3 Å². The van der Waals surface area contributed by atoms with E-state index in [1.54, 1.807) is 15.9 Å². The number of nitrogens with zero attached hydrogens (tertiary/aromatic N) is 3. The molecule has 2 aromatic rings. The van der Waals surface area contributed by atoms with E-state index in [0.717, 1.165) is 24.3 Å². The fourth-order valence-corrected chi connectivity index (χ4v) is 9.41. The van der Waals surface area contributed by atoms with Crippen LogP contribution < -0.4 is 9.80 Å². The summed E-state index contributed by atoms with van der Waals surface area (Å²) in [5, 5.41) is 20.6. The number of hydrogen-bond donors (Lipinski definition) is 2. The number of benzene rings is 2. The van der Waals surface area contributed by atoms with Crippen LogP contribution in [0.2, 0.25) is 0 Å². The highest BCUT2D eigenvalue weighted by Crippen LogP contribution is 2.66. The Bertz CT molecular complexity index is 1280. The van der Waals surface area contributed by atoms with Crippen LogP contribution in [-0.2, 0) is 20.8 Å². The molecular formula is C32H39N3O5S. The van der Waals surface area contributed by atoms with Crippen LogP contribution in [0, 0.1) is 11.8 Å². The molecule has 0 saturated carbocycles. The molecule has 218 valence electrons. The number of amides is 2. The molecular weight excluding hydrogens is 538 g/mol. The van der Waals surface area contributed by atoms with Gasteiger partial charge in [-0.2, -0.15) is 0 Å². The van der Waals surface area contributed by atoms with Crippen LogP contribution in [-0.4, -0.2) is 81.2 Å². The van der Waals surface area contributed by atoms with Gasteiger partial charge in [-0.05, 0) is 62.9 Å². The Labute approximate surface area is 246 Å². The summed E-state index contributed by atoms with van der Waals surface area (Å²) in [4.78, 5) is 46.8. The summed E-state index contributed by atoms with van der Waals surface area (Å²) in [5.41, 5.74) is 2.68. The van der Waals surface area contributed by atoms with E-state index in [9.17, 15) is 24.6 Å². The predicted molar refractivity (Wildman–Crippen MR) is 162 cm³/mol. The van der Waals surface area contributed by atoms with Gasteiger partial charge in [0.25, 0.3) is 5.91 Å². The number of hydrogen-bond acceptors (Lipinski definition) is 6. The van der Waals surface area contributed by atoms with Crippen LogP contribution in [0.3, 0.4) is 0 Å². The number of aliphatic hydroxyl groups excluding tert-OH is 1. The first kappa shape index (κ1) is 29.2. The summed E-state index contributed by atoms with van der Waals surface area (Å²) < 4.78 is -0.855. The molecule has 8 nitrogen and oxygen atoms in total. The van der Waals surface area contributed by atoms with E-state index in [0.29, 0.717) is 24.9 Å². The lowest BCUT2D eigenvalue weighted by Crippen LogP contribution is -2.58. The second-order valence-electron chi connectivity index (χ2n) is 11.1. The van der Waals surface area contributed by atoms with E-state index in [4.69, 9.17) is 0 Å². The SMILES string of the molecule is C=CCN(C(=O)C1N([C@@H](CO)Cc2ccccc2)C(=O)[C@@H]2[C@H](C(=O)O)[C@@H]3CCC12S3)c1ccc(N(CC)CC)cc1. The number of fused-ring (bicyclic) bond motifs is 1. The van der Waals surface area contributed by atoms with Crippen LogP contribution in [0.5, 0.6) is 0 Å². The number of carboxylic acids is 1. The van der Waals surface area contributed by atoms with Crippen LogP contribution in [0.15, 0.2) is 67.3 Å². The molecule has 2 aromatic carbocycles. The minimum Gasteiger partial charge on any atom is -0.481 e. The van der Waals surface area contributed by atoms with Crippen molar-refractivity contribution in [3.63, 3.8) is 0 Å². The van der Waals surface area contributed by atoms with E-state index >= 15 is 0 Å². The normalized spacial score (nSPS) is 27.0. The average Bonchev–Trinajstić information content (AvgIpc) is 3.63. The van der Waals surface area contributed by atoms with Gasteiger partial charge in [0, 0.05) is 36.3 Å². The van der Waals surface area contributed by atoms with Gasteiger partial charge in [0.2, 0.25) is 5.91 Å². The van der Waals surface area contributed by atoms with E-state index in [2.05, 4.69) is 25.3 Å². The Kier molecular flexibility index (Phi) is 8.47. The lowest BCUT2D eigenvalue weighted by Gasteiger charge is -2.39. The highest BCUT2D eigenvalue weighted by molar-refractivity contribution is 8.02. The maximum Gasteiger partial charge on any atom is 0.308 e. The van der Waals surface area contributed by atoms with Crippen LogP contribution in [0.25, 0.3) is 0 Å². The van der Waals surface area contributed by atoms with E-state index in [1.165, 1.54) is 11.8 Å². The molecule has 0 aromatic heterocycles. The van der Waals surface area contributed by atoms with Crippen molar-refractivity contribution in [3.8, 4) is 0 Å². The van der Waals surface area contributed by atoms with Gasteiger partial charge in [-0.3, -0.25) is 14.4 Å². The molecule has 9 heteroatoms. The van der Waals surface area contributed by atoms with Gasteiger partial charge >= 0.3 is 5.97 Å². The first-order valence-corrected chi connectivity index (χ1v) is 15.3. The third-order valence-corrected chi connectivity index (χ3v) is 11.0. The lowest BCUT2D eigenvalue weighted by atomic mass is 9.71. The van der Waals surface area contributed by atoms with Crippen LogP contribution >= 0.6 is 11.8 Å². The largest absolute Gasteiger partial charge is 0.481 e. The molecule has 2 bridgehead atoms. The molecule has 3 fully saturated rings. The van der Waals surface area contributed by atoms with Gasteiger partial charge in [0.15, 0.2) is 0 Å². The van der Waals surface area contributed by atoms with Gasteiger partial charge in [-0.1, -0.05) is 36.4 Å². The van der Waals surface area contributed by atoms with Crippen molar-refractivity contribution >= 4 is 40.9 Å². The number of rotatable bonds is 12. The minimum atomic E-state index is -0.992. The molecule has 3 aliphatic heterocycles. The molecule has 3 heterocycles. The molecule has 5 rings (SSSR count). The fraction of sp³-hybridized carbons (Fsp3) is 0.469. The smallest absolute Gasteiger partial charge is 0.308 e. The minimum absolute atomic E-state index is 0.207. The third kappa shape index (κ3) is 4.93. The van der Waals surface area contributed by atoms with Crippen molar-refractivity contribution in [2.24, 2.45) is 11.8 Å². The van der Waals surface area contributed by atoms with E-state index in [-0.39, 0.29) is 30.2 Å². The molecule has 0 aliphatic carbocycles. The molecule has 2 amide bonds. The zero-order valence-electron chi connectivity index (χ0n) is 23.7. The van der Waals surface area contributed by atoms with Gasteiger partial charge in [-0.25, -0.2) is 0 Å². The molecule has 41 heavy (non-hydrogen) atoms. The summed E-state index contributed by atoms with van der Waals surface area (Å²) in [5.74, 6) is -3.25. The topological polar surface area (TPSA) is 101 Å². The number of anilines is 2. The highest BCUT2D eigenvalue weighted by atomic mass is 32.2. The molecule has 2 N–H and O–H groups in total. The second kappa shape index (κ2) is 11.9. The lowest BCUT2D eigenvalue weighted by molar-refractivity contribution is -0.149. The van der Waals surface area contributed by atoms with Crippen LogP contribution in [0.4, 0.5) is 11.4 Å². The van der Waals surface area contributed by atoms with Gasteiger partial charge in [0.05, 0.1) is 29.2 Å². The Balaban J connectivity index is 1.57. The van der Waals surface area contributed by atoms with Crippen molar-refractivity contribution < 1.29 is 24.6 Å². The van der Waals surface area contributed by atoms with Crippen molar-refractivity contribution in [1.82, 2.24) is 4.90 Å².